The number of anilines is 2. The van der Waals surface area contributed by atoms with E-state index in [0.29, 0.717) is 36.1 Å². The zero-order chi connectivity index (χ0) is 42.9. The molecule has 5 rings (SSSR count). The number of nitrogens with zero attached hydrogens (tertiary/aromatic N) is 3. The Morgan fingerprint density at radius 3 is 2.32 bits per heavy atom. The van der Waals surface area contributed by atoms with Crippen LogP contribution >= 0.6 is 11.6 Å². The van der Waals surface area contributed by atoms with E-state index in [1.54, 1.807) is 36.4 Å². The fourth-order valence-electron chi connectivity index (χ4n) is 7.25. The van der Waals surface area contributed by atoms with E-state index in [-0.39, 0.29) is 50.5 Å². The Labute approximate surface area is 351 Å². The van der Waals surface area contributed by atoms with Crippen LogP contribution in [0.15, 0.2) is 81.2 Å². The summed E-state index contributed by atoms with van der Waals surface area (Å²) in [5, 5.41) is 14.7. The number of rotatable bonds is 21. The first-order valence-electron chi connectivity index (χ1n) is 20.4. The largest absolute Gasteiger partial charge is 0.495 e. The molecule has 2 unspecified atom stereocenters. The van der Waals surface area contributed by atoms with Gasteiger partial charge in [-0.1, -0.05) is 103 Å². The minimum Gasteiger partial charge on any atom is -0.495 e. The summed E-state index contributed by atoms with van der Waals surface area (Å²) in [4.78, 5) is 51.2. The Hall–Kier alpha value is -5.08. The van der Waals surface area contributed by atoms with Gasteiger partial charge in [0.1, 0.15) is 16.5 Å². The molecule has 5 aromatic rings. The number of sulfonamides is 1. The number of hydrogen-bond donors (Lipinski definition) is 4. The number of hydrogen-bond acceptors (Lipinski definition) is 8. The van der Waals surface area contributed by atoms with E-state index < -0.39 is 39.1 Å². The molecule has 0 aliphatic carbocycles. The van der Waals surface area contributed by atoms with Gasteiger partial charge in [-0.15, -0.1) is 0 Å². The fourth-order valence-corrected chi connectivity index (χ4v) is 8.82. The van der Waals surface area contributed by atoms with Crippen molar-refractivity contribution in [1.82, 2.24) is 19.1 Å². The number of methoxy groups -OCH3 is 1. The lowest BCUT2D eigenvalue weighted by Crippen LogP contribution is -2.39. The molecule has 2 atom stereocenters. The van der Waals surface area contributed by atoms with Gasteiger partial charge in [0, 0.05) is 12.2 Å². The number of benzene rings is 3. The van der Waals surface area contributed by atoms with E-state index in [1.165, 1.54) is 42.0 Å². The molecule has 13 nitrogen and oxygen atoms in total. The number of aromatic amines is 1. The highest BCUT2D eigenvalue weighted by Crippen LogP contribution is 2.32. The average Bonchev–Trinajstić information content (AvgIpc) is 3.47. The van der Waals surface area contributed by atoms with Crippen molar-refractivity contribution in [3.8, 4) is 11.6 Å². The summed E-state index contributed by atoms with van der Waals surface area (Å²) < 4.78 is 37.3. The van der Waals surface area contributed by atoms with E-state index in [2.05, 4.69) is 42.7 Å². The summed E-state index contributed by atoms with van der Waals surface area (Å²) in [6, 6.07) is 15.6. The summed E-state index contributed by atoms with van der Waals surface area (Å²) in [6.07, 6.45) is 7.30. The predicted molar refractivity (Wildman–Crippen MR) is 234 cm³/mol. The first-order chi connectivity index (χ1) is 28.1. The van der Waals surface area contributed by atoms with Crippen molar-refractivity contribution in [2.75, 3.05) is 17.1 Å². The predicted octanol–water partition coefficient (Wildman–Crippen LogP) is 8.89. The van der Waals surface area contributed by atoms with Crippen molar-refractivity contribution in [3.63, 3.8) is 0 Å². The minimum absolute atomic E-state index is 0.0169. The summed E-state index contributed by atoms with van der Waals surface area (Å²) in [5.41, 5.74) is -0.455. The number of carbonyl (C=O) groups is 1. The van der Waals surface area contributed by atoms with Crippen molar-refractivity contribution in [2.24, 2.45) is 17.8 Å². The molecule has 0 saturated carbocycles. The Morgan fingerprint density at radius 2 is 1.63 bits per heavy atom. The number of amides is 1. The second-order valence-electron chi connectivity index (χ2n) is 16.0. The highest BCUT2D eigenvalue weighted by molar-refractivity contribution is 7.92. The number of aromatic hydroxyl groups is 1. The molecule has 59 heavy (non-hydrogen) atoms. The lowest BCUT2D eigenvalue weighted by atomic mass is 9.91. The van der Waals surface area contributed by atoms with Gasteiger partial charge in [0.2, 0.25) is 5.88 Å². The molecule has 0 spiro atoms. The van der Waals surface area contributed by atoms with Gasteiger partial charge in [0.05, 0.1) is 34.4 Å². The maximum absolute atomic E-state index is 15.0. The molecule has 0 fully saturated rings. The van der Waals surface area contributed by atoms with Gasteiger partial charge >= 0.3 is 5.69 Å². The second-order valence-corrected chi connectivity index (χ2v) is 18.0. The highest BCUT2D eigenvalue weighted by atomic mass is 35.5. The number of fused-ring (bicyclic) bond motifs is 1. The third kappa shape index (κ3) is 11.2. The van der Waals surface area contributed by atoms with Crippen molar-refractivity contribution in [3.05, 3.63) is 104 Å². The van der Waals surface area contributed by atoms with E-state index in [1.807, 2.05) is 6.92 Å². The van der Waals surface area contributed by atoms with Crippen LogP contribution in [0.25, 0.3) is 10.9 Å². The molecule has 0 bridgehead atoms. The van der Waals surface area contributed by atoms with Gasteiger partial charge in [0.15, 0.2) is 6.04 Å². The molecular weight excluding hydrogens is 792 g/mol. The van der Waals surface area contributed by atoms with Crippen molar-refractivity contribution < 1.29 is 23.1 Å². The first-order valence-corrected chi connectivity index (χ1v) is 22.3. The summed E-state index contributed by atoms with van der Waals surface area (Å²) >= 11 is 6.24. The van der Waals surface area contributed by atoms with Gasteiger partial charge in [-0.05, 0) is 85.9 Å². The molecule has 0 aliphatic rings. The van der Waals surface area contributed by atoms with Crippen LogP contribution < -0.4 is 26.0 Å². The number of carbonyl (C=O) groups excluding carboxylic acids is 1. The average molecular weight is 849 g/mol. The molecule has 4 N–H and O–H groups in total. The molecule has 0 aliphatic heterocycles. The Bertz CT molecular complexity index is 2460. The topological polar surface area (TPSA) is 177 Å². The number of imidazole rings is 1. The van der Waals surface area contributed by atoms with Crippen LogP contribution in [0.5, 0.6) is 11.6 Å². The van der Waals surface area contributed by atoms with Crippen molar-refractivity contribution >= 4 is 49.8 Å². The number of unbranched alkanes of at least 4 members (excludes halogenated alkanes) is 2. The molecule has 2 aromatic heterocycles. The Morgan fingerprint density at radius 1 is 0.932 bits per heavy atom. The number of para-hydroxylation sites is 2. The quantitative estimate of drug-likeness (QED) is 0.0529. The molecule has 15 heteroatoms. The second kappa shape index (κ2) is 20.3. The SMILES string of the molecule is CCCCc1[nH]c(=O)n(C(C(=O)Nc2ccccc2OC)c2nc3ccc(NS(=O)(=O)c4ccccc4Cl)cc3c(=O)n2CC(CCCCC(C)C)CCC(C)C)c1O. The monoisotopic (exact) mass is 848 g/mol. The summed E-state index contributed by atoms with van der Waals surface area (Å²) in [6.45, 7) is 10.8. The maximum Gasteiger partial charge on any atom is 0.329 e. The summed E-state index contributed by atoms with van der Waals surface area (Å²) in [7, 11) is -2.68. The van der Waals surface area contributed by atoms with E-state index in [0.717, 1.165) is 49.5 Å². The van der Waals surface area contributed by atoms with Crippen LogP contribution in [0.1, 0.15) is 104 Å². The third-order valence-electron chi connectivity index (χ3n) is 10.5. The number of halogens is 1. The van der Waals surface area contributed by atoms with Crippen LogP contribution in [0.3, 0.4) is 0 Å². The maximum atomic E-state index is 15.0. The zero-order valence-electron chi connectivity index (χ0n) is 34.8. The first kappa shape index (κ1) is 45.0. The van der Waals surface area contributed by atoms with Gasteiger partial charge < -0.3 is 20.1 Å². The van der Waals surface area contributed by atoms with E-state index >= 15 is 4.79 Å². The Kier molecular flexibility index (Phi) is 15.5. The van der Waals surface area contributed by atoms with E-state index in [9.17, 15) is 23.1 Å². The molecule has 1 amide bonds. The van der Waals surface area contributed by atoms with Crippen LogP contribution in [0.4, 0.5) is 11.4 Å². The number of ether oxygens (including phenoxy) is 1. The van der Waals surface area contributed by atoms with Gasteiger partial charge in [-0.2, -0.15) is 0 Å². The third-order valence-corrected chi connectivity index (χ3v) is 12.4. The van der Waals surface area contributed by atoms with Crippen LogP contribution in [0.2, 0.25) is 5.02 Å². The normalized spacial score (nSPS) is 12.9. The van der Waals surface area contributed by atoms with Gasteiger partial charge in [0.25, 0.3) is 21.5 Å². The number of aromatic nitrogens is 4. The number of nitrogens with one attached hydrogen (secondary N) is 3. The molecule has 0 radical (unpaired) electrons. The molecule has 2 heterocycles. The van der Waals surface area contributed by atoms with Crippen molar-refractivity contribution in [2.45, 2.75) is 110 Å². The molecular formula is C44H57ClN6O7S. The smallest absolute Gasteiger partial charge is 0.329 e. The fraction of sp³-hybridized carbons (Fsp3) is 0.455. The molecule has 3 aromatic carbocycles. The lowest BCUT2D eigenvalue weighted by Gasteiger charge is -2.26. The minimum atomic E-state index is -4.15. The molecule has 318 valence electrons. The number of aryl methyl sites for hydroxylation is 1. The van der Waals surface area contributed by atoms with Gasteiger partial charge in [-0.25, -0.2) is 22.8 Å². The number of H-pyrrole nitrogens is 1. The zero-order valence-corrected chi connectivity index (χ0v) is 36.3. The summed E-state index contributed by atoms with van der Waals surface area (Å²) in [5.74, 6) is 0.0474. The molecule has 0 saturated heterocycles. The van der Waals surface area contributed by atoms with Crippen LogP contribution in [-0.4, -0.2) is 45.6 Å². The van der Waals surface area contributed by atoms with Gasteiger partial charge in [-0.3, -0.25) is 18.9 Å². The van der Waals surface area contributed by atoms with Crippen LogP contribution in [-0.2, 0) is 27.8 Å². The standard InChI is InChI=1S/C44H57ClN6O7S/c1-7-8-18-36-43(54)51(44(55)48-36)39(41(52)47-35-19-12-13-20-37(35)58-6)40-46-34-25-24-31(49-59(56,57)38-21-14-11-17-33(38)45)26-32(34)42(53)50(40)27-30(23-22-29(4)5)16-10-9-15-28(2)3/h11-14,17,19-21,24-26,28-30,39,49,54H,7-10,15-16,18,22-23,27H2,1-6H3,(H,47,52)(H,48,55). The van der Waals surface area contributed by atoms with E-state index in [4.69, 9.17) is 21.3 Å². The highest BCUT2D eigenvalue weighted by Gasteiger charge is 2.35. The Balaban J connectivity index is 1.74. The van der Waals surface area contributed by atoms with Crippen LogP contribution in [0, 0.1) is 17.8 Å². The lowest BCUT2D eigenvalue weighted by molar-refractivity contribution is -0.118. The van der Waals surface area contributed by atoms with Crippen molar-refractivity contribution in [1.29, 1.82) is 0 Å².